The van der Waals surface area contributed by atoms with Crippen LogP contribution in [-0.4, -0.2) is 22.8 Å². The molecule has 0 aliphatic carbocycles. The normalized spacial score (nSPS) is 14.8. The van der Waals surface area contributed by atoms with Crippen molar-refractivity contribution in [2.75, 3.05) is 4.90 Å². The van der Waals surface area contributed by atoms with Crippen molar-refractivity contribution in [2.24, 2.45) is 0 Å². The number of amides is 4. The van der Waals surface area contributed by atoms with Gasteiger partial charge in [-0.25, -0.2) is 9.69 Å². The van der Waals surface area contributed by atoms with Gasteiger partial charge in [-0.3, -0.25) is 25.0 Å². The first-order chi connectivity index (χ1) is 15.9. The lowest BCUT2D eigenvalue weighted by atomic mass is 10.1. The van der Waals surface area contributed by atoms with Gasteiger partial charge in [0.05, 0.1) is 10.6 Å². The molecule has 1 aliphatic rings. The molecule has 0 unspecified atom stereocenters. The summed E-state index contributed by atoms with van der Waals surface area (Å²) in [6.45, 7) is 0.391. The molecule has 33 heavy (non-hydrogen) atoms. The molecular weight excluding hydrogens is 426 g/mol. The number of non-ortho nitro benzene ring substituents is 1. The summed E-state index contributed by atoms with van der Waals surface area (Å²) < 4.78 is 5.72. The van der Waals surface area contributed by atoms with Crippen molar-refractivity contribution in [3.05, 3.63) is 106 Å². The molecule has 1 aliphatic heterocycles. The number of nitrogens with zero attached hydrogens (tertiary/aromatic N) is 2. The highest BCUT2D eigenvalue weighted by molar-refractivity contribution is 6.39. The molecule has 0 aromatic heterocycles. The van der Waals surface area contributed by atoms with Crippen molar-refractivity contribution in [2.45, 2.75) is 6.61 Å². The van der Waals surface area contributed by atoms with Gasteiger partial charge in [-0.05, 0) is 35.4 Å². The van der Waals surface area contributed by atoms with Crippen molar-refractivity contribution in [3.63, 3.8) is 0 Å². The fourth-order valence-electron chi connectivity index (χ4n) is 3.21. The van der Waals surface area contributed by atoms with Gasteiger partial charge in [-0.1, -0.05) is 48.5 Å². The van der Waals surface area contributed by atoms with Gasteiger partial charge in [0.15, 0.2) is 0 Å². The minimum Gasteiger partial charge on any atom is -0.489 e. The van der Waals surface area contributed by atoms with Crippen molar-refractivity contribution in [3.8, 4) is 5.75 Å². The highest BCUT2D eigenvalue weighted by atomic mass is 16.6. The van der Waals surface area contributed by atoms with Crippen LogP contribution in [0.5, 0.6) is 5.75 Å². The number of nitro benzene ring substituents is 1. The standard InChI is InChI=1S/C24H17N3O6/c28-22-21(13-16-9-11-20(12-10-16)33-15-17-5-2-1-3-6-17)23(29)26(24(30)25-22)18-7-4-8-19(14-18)27(31)32/h1-14H,15H2,(H,25,28,30)/b21-13+. The summed E-state index contributed by atoms with van der Waals surface area (Å²) in [4.78, 5) is 48.6. The Balaban J connectivity index is 1.54. The van der Waals surface area contributed by atoms with Crippen molar-refractivity contribution in [1.29, 1.82) is 0 Å². The number of hydrogen-bond donors (Lipinski definition) is 1. The minimum atomic E-state index is -0.979. The van der Waals surface area contributed by atoms with Crippen LogP contribution in [0.3, 0.4) is 0 Å². The molecule has 4 rings (SSSR count). The molecule has 0 saturated carbocycles. The zero-order valence-electron chi connectivity index (χ0n) is 17.1. The van der Waals surface area contributed by atoms with Gasteiger partial charge >= 0.3 is 6.03 Å². The van der Waals surface area contributed by atoms with Crippen LogP contribution in [0.2, 0.25) is 0 Å². The van der Waals surface area contributed by atoms with E-state index in [0.717, 1.165) is 11.6 Å². The van der Waals surface area contributed by atoms with E-state index in [9.17, 15) is 24.5 Å². The third-order valence-corrected chi connectivity index (χ3v) is 4.84. The number of nitrogens with one attached hydrogen (secondary N) is 1. The van der Waals surface area contributed by atoms with E-state index in [1.54, 1.807) is 24.3 Å². The Morgan fingerprint density at radius 2 is 1.67 bits per heavy atom. The topological polar surface area (TPSA) is 119 Å². The first-order valence-corrected chi connectivity index (χ1v) is 9.85. The van der Waals surface area contributed by atoms with E-state index in [1.807, 2.05) is 30.3 Å². The van der Waals surface area contributed by atoms with E-state index >= 15 is 0 Å². The Morgan fingerprint density at radius 3 is 2.36 bits per heavy atom. The van der Waals surface area contributed by atoms with Crippen LogP contribution in [0.15, 0.2) is 84.4 Å². The first kappa shape index (κ1) is 21.4. The van der Waals surface area contributed by atoms with Crippen LogP contribution in [0.4, 0.5) is 16.2 Å². The molecule has 0 radical (unpaired) electrons. The number of imide groups is 2. The van der Waals surface area contributed by atoms with E-state index in [4.69, 9.17) is 4.74 Å². The maximum absolute atomic E-state index is 12.9. The maximum atomic E-state index is 12.9. The average Bonchev–Trinajstić information content (AvgIpc) is 2.82. The Morgan fingerprint density at radius 1 is 0.939 bits per heavy atom. The molecule has 1 saturated heterocycles. The molecule has 1 fully saturated rings. The second-order valence-electron chi connectivity index (χ2n) is 7.08. The van der Waals surface area contributed by atoms with E-state index in [-0.39, 0.29) is 16.9 Å². The predicted molar refractivity (Wildman–Crippen MR) is 119 cm³/mol. The van der Waals surface area contributed by atoms with Crippen molar-refractivity contribution >= 4 is 35.3 Å². The molecule has 0 bridgehead atoms. The fourth-order valence-corrected chi connectivity index (χ4v) is 3.21. The molecule has 3 aromatic carbocycles. The molecule has 4 amide bonds. The third-order valence-electron chi connectivity index (χ3n) is 4.84. The fraction of sp³-hybridized carbons (Fsp3) is 0.0417. The van der Waals surface area contributed by atoms with Crippen LogP contribution in [-0.2, 0) is 16.2 Å². The predicted octanol–water partition coefficient (Wildman–Crippen LogP) is 3.84. The number of nitro groups is 1. The van der Waals surface area contributed by atoms with Crippen molar-refractivity contribution in [1.82, 2.24) is 5.32 Å². The Labute approximate surface area is 188 Å². The molecule has 3 aromatic rings. The van der Waals surface area contributed by atoms with Gasteiger partial charge in [0, 0.05) is 12.1 Å². The monoisotopic (exact) mass is 443 g/mol. The van der Waals surface area contributed by atoms with Crippen LogP contribution in [0, 0.1) is 10.1 Å². The average molecular weight is 443 g/mol. The van der Waals surface area contributed by atoms with Gasteiger partial charge in [-0.2, -0.15) is 0 Å². The summed E-state index contributed by atoms with van der Waals surface area (Å²) in [5, 5.41) is 13.1. The van der Waals surface area contributed by atoms with E-state index in [2.05, 4.69) is 5.32 Å². The largest absolute Gasteiger partial charge is 0.489 e. The third kappa shape index (κ3) is 4.77. The summed E-state index contributed by atoms with van der Waals surface area (Å²) in [5.74, 6) is -1.13. The zero-order valence-corrected chi connectivity index (χ0v) is 17.1. The SMILES string of the molecule is O=C1NC(=O)N(c2cccc([N+](=O)[O-])c2)C(=O)/C1=C/c1ccc(OCc2ccccc2)cc1. The number of hydrogen-bond acceptors (Lipinski definition) is 6. The van der Waals surface area contributed by atoms with Crippen LogP contribution in [0.1, 0.15) is 11.1 Å². The van der Waals surface area contributed by atoms with Gasteiger partial charge in [0.2, 0.25) is 0 Å². The van der Waals surface area contributed by atoms with Gasteiger partial charge < -0.3 is 4.74 Å². The quantitative estimate of drug-likeness (QED) is 0.268. The molecule has 1 N–H and O–H groups in total. The van der Waals surface area contributed by atoms with E-state index in [1.165, 1.54) is 24.3 Å². The second-order valence-corrected chi connectivity index (χ2v) is 7.08. The molecule has 9 heteroatoms. The number of ether oxygens (including phenoxy) is 1. The second kappa shape index (κ2) is 9.15. The smallest absolute Gasteiger partial charge is 0.335 e. The summed E-state index contributed by atoms with van der Waals surface area (Å²) >= 11 is 0. The number of rotatable bonds is 6. The highest BCUT2D eigenvalue weighted by Crippen LogP contribution is 2.26. The van der Waals surface area contributed by atoms with Crippen LogP contribution < -0.4 is 15.0 Å². The van der Waals surface area contributed by atoms with Gasteiger partial charge in [-0.15, -0.1) is 0 Å². The van der Waals surface area contributed by atoms with Crippen molar-refractivity contribution < 1.29 is 24.0 Å². The van der Waals surface area contributed by atoms with Crippen LogP contribution in [0.25, 0.3) is 6.08 Å². The molecule has 1 heterocycles. The lowest BCUT2D eigenvalue weighted by Crippen LogP contribution is -2.54. The molecule has 0 spiro atoms. The number of anilines is 1. The number of urea groups is 1. The summed E-state index contributed by atoms with van der Waals surface area (Å²) in [5.41, 5.74) is 0.961. The lowest BCUT2D eigenvalue weighted by Gasteiger charge is -2.26. The minimum absolute atomic E-state index is 0.0187. The van der Waals surface area contributed by atoms with Gasteiger partial charge in [0.25, 0.3) is 17.5 Å². The number of carbonyl (C=O) groups excluding carboxylic acids is 3. The summed E-state index contributed by atoms with van der Waals surface area (Å²) in [6, 6.07) is 20.4. The molecular formula is C24H17N3O6. The first-order valence-electron chi connectivity index (χ1n) is 9.85. The molecule has 164 valence electrons. The Hall–Kier alpha value is -4.79. The molecule has 9 nitrogen and oxygen atoms in total. The highest BCUT2D eigenvalue weighted by Gasteiger charge is 2.37. The maximum Gasteiger partial charge on any atom is 0.335 e. The van der Waals surface area contributed by atoms with E-state index < -0.39 is 22.8 Å². The number of benzene rings is 3. The summed E-state index contributed by atoms with van der Waals surface area (Å²) in [6.07, 6.45) is 1.34. The number of carbonyl (C=O) groups is 3. The Kier molecular flexibility index (Phi) is 5.94. The zero-order chi connectivity index (χ0) is 23.4. The Bertz CT molecular complexity index is 1270. The summed E-state index contributed by atoms with van der Waals surface area (Å²) in [7, 11) is 0. The van der Waals surface area contributed by atoms with Gasteiger partial charge in [0.1, 0.15) is 17.9 Å². The van der Waals surface area contributed by atoms with E-state index in [0.29, 0.717) is 22.8 Å². The number of barbiturate groups is 1. The molecule has 0 atom stereocenters. The van der Waals surface area contributed by atoms with Crippen LogP contribution >= 0.6 is 0 Å². The lowest BCUT2D eigenvalue weighted by molar-refractivity contribution is -0.384.